The Kier molecular flexibility index (Phi) is 6.41. The molecule has 0 aromatic carbocycles. The summed E-state index contributed by atoms with van der Waals surface area (Å²) >= 11 is 0. The summed E-state index contributed by atoms with van der Waals surface area (Å²) in [7, 11) is 0. The quantitative estimate of drug-likeness (QED) is 0.198. The molecule has 10 heteroatoms. The number of ether oxygens (including phenoxy) is 2. The minimum absolute atomic E-state index is 0.0240. The highest BCUT2D eigenvalue weighted by molar-refractivity contribution is 5.87. The van der Waals surface area contributed by atoms with Crippen LogP contribution in [0.1, 0.15) is 86.0 Å². The molecule has 4 saturated carbocycles. The number of nitrogens with zero attached hydrogens (tertiary/aromatic N) is 1. The van der Waals surface area contributed by atoms with Crippen LogP contribution < -0.4 is 0 Å². The Morgan fingerprint density at radius 2 is 1.65 bits per heavy atom. The number of allylic oxidation sites excluding steroid dienone is 1. The lowest BCUT2D eigenvalue weighted by molar-refractivity contribution is -0.357. The Morgan fingerprint density at radius 3 is 2.35 bits per heavy atom. The molecule has 6 N–H and O–H groups in total. The molecule has 1 spiro atoms. The van der Waals surface area contributed by atoms with Gasteiger partial charge in [0.15, 0.2) is 0 Å². The van der Waals surface area contributed by atoms with Gasteiger partial charge in [-0.3, -0.25) is 4.90 Å². The lowest BCUT2D eigenvalue weighted by Gasteiger charge is -2.69. The molecule has 3 aliphatic heterocycles. The van der Waals surface area contributed by atoms with E-state index >= 15 is 0 Å². The zero-order valence-corrected chi connectivity index (χ0v) is 26.3. The molecule has 0 aromatic heterocycles. The molecule has 7 rings (SSSR count). The fourth-order valence-electron chi connectivity index (χ4n) is 12.1. The molecule has 242 valence electrons. The van der Waals surface area contributed by atoms with Gasteiger partial charge in [-0.25, -0.2) is 4.79 Å². The van der Waals surface area contributed by atoms with Crippen molar-refractivity contribution in [1.82, 2.24) is 4.90 Å². The van der Waals surface area contributed by atoms with E-state index in [9.17, 15) is 35.4 Å². The molecule has 43 heavy (non-hydrogen) atoms. The number of esters is 1. The Balaban J connectivity index is 1.29. The summed E-state index contributed by atoms with van der Waals surface area (Å²) in [6.07, 6.45) is 2.75. The molecule has 7 aliphatic rings. The number of aliphatic hydroxyl groups excluding tert-OH is 1. The summed E-state index contributed by atoms with van der Waals surface area (Å²) in [4.78, 5) is 14.9. The molecule has 7 fully saturated rings. The van der Waals surface area contributed by atoms with Gasteiger partial charge in [-0.1, -0.05) is 19.9 Å². The number of fused-ring (bicyclic) bond motifs is 5. The van der Waals surface area contributed by atoms with Gasteiger partial charge in [0.25, 0.3) is 0 Å². The number of carbonyl (C=O) groups is 1. The molecule has 0 amide bonds. The lowest BCUT2D eigenvalue weighted by atomic mass is 9.44. The van der Waals surface area contributed by atoms with Crippen LogP contribution in [-0.4, -0.2) is 113 Å². The van der Waals surface area contributed by atoms with E-state index in [1.807, 2.05) is 0 Å². The van der Waals surface area contributed by atoms with Crippen molar-refractivity contribution >= 4 is 5.97 Å². The van der Waals surface area contributed by atoms with E-state index in [1.54, 1.807) is 26.8 Å². The summed E-state index contributed by atoms with van der Waals surface area (Å²) in [6.45, 7) is 10.1. The average Bonchev–Trinajstić information content (AvgIpc) is 3.13. The van der Waals surface area contributed by atoms with Gasteiger partial charge in [0.1, 0.15) is 34.1 Å². The highest BCUT2D eigenvalue weighted by Crippen LogP contribution is 2.75. The molecule has 10 nitrogen and oxygen atoms in total. The van der Waals surface area contributed by atoms with E-state index in [4.69, 9.17) is 9.47 Å². The van der Waals surface area contributed by atoms with Crippen LogP contribution in [0.3, 0.4) is 0 Å². The summed E-state index contributed by atoms with van der Waals surface area (Å²) in [5, 5.41) is 74.0. The van der Waals surface area contributed by atoms with Crippen LogP contribution in [0.2, 0.25) is 0 Å². The average molecular weight is 606 g/mol. The summed E-state index contributed by atoms with van der Waals surface area (Å²) in [5.41, 5.74) is -10.0. The maximum absolute atomic E-state index is 12.9. The predicted octanol–water partition coefficient (Wildman–Crippen LogP) is 1.03. The van der Waals surface area contributed by atoms with Gasteiger partial charge in [0, 0.05) is 60.7 Å². The second kappa shape index (κ2) is 9.03. The van der Waals surface area contributed by atoms with Crippen molar-refractivity contribution in [2.75, 3.05) is 19.7 Å². The van der Waals surface area contributed by atoms with Gasteiger partial charge >= 0.3 is 5.97 Å². The molecule has 4 aliphatic carbocycles. The first-order valence-corrected chi connectivity index (χ1v) is 16.5. The minimum atomic E-state index is -2.04. The topological polar surface area (TPSA) is 160 Å². The predicted molar refractivity (Wildman–Crippen MR) is 154 cm³/mol. The van der Waals surface area contributed by atoms with E-state index in [1.165, 1.54) is 0 Å². The van der Waals surface area contributed by atoms with Crippen LogP contribution in [0.25, 0.3) is 0 Å². The molecule has 0 aromatic rings. The second-order valence-electron chi connectivity index (χ2n) is 16.1. The fourth-order valence-corrected chi connectivity index (χ4v) is 12.1. The van der Waals surface area contributed by atoms with Crippen molar-refractivity contribution in [1.29, 1.82) is 0 Å². The molecule has 14 unspecified atom stereocenters. The maximum Gasteiger partial charge on any atom is 0.333 e. The zero-order valence-electron chi connectivity index (χ0n) is 26.3. The van der Waals surface area contributed by atoms with Crippen molar-refractivity contribution in [3.8, 4) is 0 Å². The number of hydrogen-bond donors (Lipinski definition) is 6. The molecule has 3 heterocycles. The van der Waals surface area contributed by atoms with Crippen molar-refractivity contribution in [2.45, 2.75) is 138 Å². The number of aliphatic hydroxyl groups is 6. The first-order chi connectivity index (χ1) is 20.0. The normalized spacial score (nSPS) is 59.4. The standard InChI is InChI=1S/C33H51NO9/c1-6-19(3)26(36)43-25-11-12-27(4)20-8-9-21-30(39)13-24(35)33(41)22(15-34-14-18(2)7-10-23(34)28(33,5)37)31(30,40)16-32(21,27)42-17-29(20,25)38/h6,18,20-25,35,37-41H,7-17H2,1-5H3. The van der Waals surface area contributed by atoms with Crippen LogP contribution in [0, 0.1) is 29.1 Å². The highest BCUT2D eigenvalue weighted by atomic mass is 16.6. The van der Waals surface area contributed by atoms with Crippen LogP contribution in [0.5, 0.6) is 0 Å². The van der Waals surface area contributed by atoms with Crippen molar-refractivity contribution in [3.05, 3.63) is 11.6 Å². The van der Waals surface area contributed by atoms with E-state index in [0.29, 0.717) is 50.1 Å². The molecular weight excluding hydrogens is 554 g/mol. The van der Waals surface area contributed by atoms with Crippen LogP contribution in [-0.2, 0) is 14.3 Å². The number of carbonyl (C=O) groups excluding carboxylic acids is 1. The first-order valence-electron chi connectivity index (χ1n) is 16.5. The van der Waals surface area contributed by atoms with Gasteiger partial charge in [-0.2, -0.15) is 0 Å². The van der Waals surface area contributed by atoms with Gasteiger partial charge in [-0.15, -0.1) is 0 Å². The largest absolute Gasteiger partial charge is 0.456 e. The van der Waals surface area contributed by atoms with Gasteiger partial charge in [0.05, 0.1) is 18.3 Å². The summed E-state index contributed by atoms with van der Waals surface area (Å²) < 4.78 is 12.6. The van der Waals surface area contributed by atoms with Gasteiger partial charge in [0.2, 0.25) is 0 Å². The Hall–Kier alpha value is -1.11. The number of hydrogen-bond acceptors (Lipinski definition) is 10. The number of rotatable bonds is 2. The van der Waals surface area contributed by atoms with E-state index < -0.39 is 69.0 Å². The third-order valence-corrected chi connectivity index (χ3v) is 14.5. The van der Waals surface area contributed by atoms with Crippen molar-refractivity contribution < 1.29 is 44.9 Å². The third kappa shape index (κ3) is 3.35. The second-order valence-corrected chi connectivity index (χ2v) is 16.1. The smallest absolute Gasteiger partial charge is 0.333 e. The minimum Gasteiger partial charge on any atom is -0.456 e. The molecule has 0 radical (unpaired) electrons. The molecular formula is C33H51NO9. The fraction of sp³-hybridized carbons (Fsp3) is 0.909. The van der Waals surface area contributed by atoms with Crippen LogP contribution >= 0.6 is 0 Å². The zero-order chi connectivity index (χ0) is 31.2. The maximum atomic E-state index is 12.9. The molecule has 4 bridgehead atoms. The monoisotopic (exact) mass is 605 g/mol. The SMILES string of the molecule is CC=C(C)C(=O)OC1CCC2(C)C3CCC4C5(O)CC(O)C6(O)C(CN7CC(C)CCC7C6(C)O)C5(O)CC42OCC13O. The summed E-state index contributed by atoms with van der Waals surface area (Å²) in [6, 6.07) is -0.372. The lowest BCUT2D eigenvalue weighted by Crippen LogP contribution is -2.85. The van der Waals surface area contributed by atoms with E-state index in [0.717, 1.165) is 6.42 Å². The highest BCUT2D eigenvalue weighted by Gasteiger charge is 2.86. The number of piperidine rings is 2. The third-order valence-electron chi connectivity index (χ3n) is 14.5. The Morgan fingerprint density at radius 1 is 0.953 bits per heavy atom. The first kappa shape index (κ1) is 30.5. The summed E-state index contributed by atoms with van der Waals surface area (Å²) in [5.74, 6) is -1.97. The van der Waals surface area contributed by atoms with Crippen LogP contribution in [0.15, 0.2) is 11.6 Å². The van der Waals surface area contributed by atoms with E-state index in [2.05, 4.69) is 18.7 Å². The molecule has 14 atom stereocenters. The van der Waals surface area contributed by atoms with Gasteiger partial charge < -0.3 is 40.1 Å². The van der Waals surface area contributed by atoms with E-state index in [-0.39, 0.29) is 38.0 Å². The van der Waals surface area contributed by atoms with Crippen molar-refractivity contribution in [2.24, 2.45) is 29.1 Å². The van der Waals surface area contributed by atoms with Gasteiger partial charge in [-0.05, 0) is 65.2 Å². The van der Waals surface area contributed by atoms with Crippen LogP contribution in [0.4, 0.5) is 0 Å². The molecule has 3 saturated heterocycles. The Labute approximate surface area is 254 Å². The van der Waals surface area contributed by atoms with Crippen molar-refractivity contribution in [3.63, 3.8) is 0 Å². The Bertz CT molecular complexity index is 1240.